The zero-order valence-electron chi connectivity index (χ0n) is 18.3. The fourth-order valence-corrected chi connectivity index (χ4v) is 6.10. The third-order valence-corrected chi connectivity index (χ3v) is 8.88. The number of hydrogen-bond acceptors (Lipinski definition) is 4. The van der Waals surface area contributed by atoms with Gasteiger partial charge in [-0.05, 0) is 62.8 Å². The lowest BCUT2D eigenvalue weighted by Gasteiger charge is -2.32. The van der Waals surface area contributed by atoms with E-state index in [4.69, 9.17) is 0 Å². The van der Waals surface area contributed by atoms with Crippen molar-refractivity contribution >= 4 is 21.8 Å². The minimum atomic E-state index is -3.56. The lowest BCUT2D eigenvalue weighted by Crippen LogP contribution is -2.47. The standard InChI is InChI=1S/C23H33N3O4S/c1-25(20-5-3-2-4-6-20)31(29,30)21-11-9-17(10-12-21)22(27)24-19-13-15-26(16-14-19)23(28)18-7-8-18/h9-12,18-20H,2-8,13-16H2,1H3,(H,24,27). The van der Waals surface area contributed by atoms with Crippen LogP contribution >= 0.6 is 0 Å². The molecule has 1 aromatic rings. The molecule has 0 aromatic heterocycles. The number of nitrogens with zero attached hydrogens (tertiary/aromatic N) is 2. The minimum absolute atomic E-state index is 0.0385. The summed E-state index contributed by atoms with van der Waals surface area (Å²) in [6.07, 6.45) is 8.64. The topological polar surface area (TPSA) is 86.8 Å². The van der Waals surface area contributed by atoms with Crippen molar-refractivity contribution in [3.05, 3.63) is 29.8 Å². The van der Waals surface area contributed by atoms with Gasteiger partial charge in [0.05, 0.1) is 4.90 Å². The molecule has 1 aromatic carbocycles. The highest BCUT2D eigenvalue weighted by Crippen LogP contribution is 2.32. The maximum absolute atomic E-state index is 13.0. The largest absolute Gasteiger partial charge is 0.349 e. The van der Waals surface area contributed by atoms with Gasteiger partial charge < -0.3 is 10.2 Å². The van der Waals surface area contributed by atoms with Crippen molar-refractivity contribution in [1.29, 1.82) is 0 Å². The van der Waals surface area contributed by atoms with Crippen molar-refractivity contribution in [2.75, 3.05) is 20.1 Å². The van der Waals surface area contributed by atoms with Crippen LogP contribution in [0.15, 0.2) is 29.2 Å². The summed E-state index contributed by atoms with van der Waals surface area (Å²) in [5, 5.41) is 3.04. The number of sulfonamides is 1. The second-order valence-electron chi connectivity index (χ2n) is 9.18. The second-order valence-corrected chi connectivity index (χ2v) is 11.2. The van der Waals surface area contributed by atoms with Crippen LogP contribution in [-0.4, -0.2) is 61.7 Å². The van der Waals surface area contributed by atoms with E-state index in [1.54, 1.807) is 19.2 Å². The van der Waals surface area contributed by atoms with Gasteiger partial charge >= 0.3 is 0 Å². The van der Waals surface area contributed by atoms with E-state index in [-0.39, 0.29) is 34.7 Å². The molecule has 0 spiro atoms. The summed E-state index contributed by atoms with van der Waals surface area (Å²) < 4.78 is 27.4. The highest BCUT2D eigenvalue weighted by molar-refractivity contribution is 7.89. The van der Waals surface area contributed by atoms with E-state index in [2.05, 4.69) is 5.32 Å². The maximum atomic E-state index is 13.0. The van der Waals surface area contributed by atoms with E-state index in [9.17, 15) is 18.0 Å². The van der Waals surface area contributed by atoms with Gasteiger partial charge in [0.15, 0.2) is 0 Å². The highest BCUT2D eigenvalue weighted by Gasteiger charge is 2.35. The fraction of sp³-hybridized carbons (Fsp3) is 0.652. The summed E-state index contributed by atoms with van der Waals surface area (Å²) in [6.45, 7) is 1.37. The molecular weight excluding hydrogens is 414 g/mol. The monoisotopic (exact) mass is 447 g/mol. The van der Waals surface area contributed by atoms with Gasteiger partial charge in [-0.25, -0.2) is 8.42 Å². The maximum Gasteiger partial charge on any atom is 0.251 e. The van der Waals surface area contributed by atoms with Crippen LogP contribution in [0.5, 0.6) is 0 Å². The third-order valence-electron chi connectivity index (χ3n) is 6.95. The molecule has 2 saturated carbocycles. The highest BCUT2D eigenvalue weighted by atomic mass is 32.2. The van der Waals surface area contributed by atoms with Crippen molar-refractivity contribution in [2.24, 2.45) is 5.92 Å². The molecule has 4 rings (SSSR count). The van der Waals surface area contributed by atoms with Crippen molar-refractivity contribution in [2.45, 2.75) is 74.8 Å². The molecule has 31 heavy (non-hydrogen) atoms. The Kier molecular flexibility index (Phi) is 6.67. The molecule has 3 aliphatic rings. The van der Waals surface area contributed by atoms with Gasteiger partial charge in [-0.15, -0.1) is 0 Å². The number of likely N-dealkylation sites (tertiary alicyclic amines) is 1. The third kappa shape index (κ3) is 5.12. The molecule has 1 heterocycles. The smallest absolute Gasteiger partial charge is 0.251 e. The fourth-order valence-electron chi connectivity index (χ4n) is 4.69. The first-order valence-corrected chi connectivity index (χ1v) is 13.0. The van der Waals surface area contributed by atoms with Crippen LogP contribution in [0.2, 0.25) is 0 Å². The molecule has 0 radical (unpaired) electrons. The van der Waals surface area contributed by atoms with Gasteiger partial charge in [-0.2, -0.15) is 4.31 Å². The van der Waals surface area contributed by atoms with Crippen molar-refractivity contribution in [1.82, 2.24) is 14.5 Å². The number of carbonyl (C=O) groups is 2. The van der Waals surface area contributed by atoms with Gasteiger partial charge in [-0.3, -0.25) is 9.59 Å². The lowest BCUT2D eigenvalue weighted by molar-refractivity contribution is -0.133. The number of benzene rings is 1. The van der Waals surface area contributed by atoms with Gasteiger partial charge in [-0.1, -0.05) is 19.3 Å². The summed E-state index contributed by atoms with van der Waals surface area (Å²) in [7, 11) is -1.90. The quantitative estimate of drug-likeness (QED) is 0.726. The van der Waals surface area contributed by atoms with E-state index in [0.29, 0.717) is 18.7 Å². The SMILES string of the molecule is CN(C1CCCCC1)S(=O)(=O)c1ccc(C(=O)NC2CCN(C(=O)C3CC3)CC2)cc1. The first kappa shape index (κ1) is 22.3. The Labute approximate surface area is 185 Å². The number of amides is 2. The Morgan fingerprint density at radius 1 is 0.935 bits per heavy atom. The van der Waals surface area contributed by atoms with Crippen LogP contribution in [0.3, 0.4) is 0 Å². The van der Waals surface area contributed by atoms with Crippen LogP contribution in [0.4, 0.5) is 0 Å². The molecule has 2 amide bonds. The molecule has 1 saturated heterocycles. The first-order chi connectivity index (χ1) is 14.9. The molecule has 3 fully saturated rings. The predicted molar refractivity (Wildman–Crippen MR) is 118 cm³/mol. The summed E-state index contributed by atoms with van der Waals surface area (Å²) in [6, 6.07) is 6.32. The molecule has 1 aliphatic heterocycles. The van der Waals surface area contributed by atoms with Gasteiger partial charge in [0.1, 0.15) is 0 Å². The molecule has 0 atom stereocenters. The minimum Gasteiger partial charge on any atom is -0.349 e. The number of piperidine rings is 1. The van der Waals surface area contributed by atoms with E-state index < -0.39 is 10.0 Å². The van der Waals surface area contributed by atoms with Crippen molar-refractivity contribution in [3.8, 4) is 0 Å². The zero-order valence-corrected chi connectivity index (χ0v) is 19.1. The second kappa shape index (κ2) is 9.28. The number of carbonyl (C=O) groups excluding carboxylic acids is 2. The molecule has 0 unspecified atom stereocenters. The van der Waals surface area contributed by atoms with Crippen LogP contribution < -0.4 is 5.32 Å². The lowest BCUT2D eigenvalue weighted by atomic mass is 9.96. The molecule has 1 N–H and O–H groups in total. The first-order valence-electron chi connectivity index (χ1n) is 11.5. The number of nitrogens with one attached hydrogen (secondary N) is 1. The van der Waals surface area contributed by atoms with Crippen LogP contribution in [0, 0.1) is 5.92 Å². The van der Waals surface area contributed by atoms with Gasteiger partial charge in [0, 0.05) is 43.7 Å². The average Bonchev–Trinajstić information content (AvgIpc) is 3.65. The Balaban J connectivity index is 1.32. The van der Waals surface area contributed by atoms with Crippen LogP contribution in [0.25, 0.3) is 0 Å². The summed E-state index contributed by atoms with van der Waals surface area (Å²) in [5.41, 5.74) is 0.454. The van der Waals surface area contributed by atoms with E-state index in [1.807, 2.05) is 4.90 Å². The van der Waals surface area contributed by atoms with E-state index in [0.717, 1.165) is 51.4 Å². The zero-order chi connectivity index (χ0) is 22.0. The number of hydrogen-bond donors (Lipinski definition) is 1. The molecular formula is C23H33N3O4S. The Bertz CT molecular complexity index is 897. The van der Waals surface area contributed by atoms with Crippen LogP contribution in [-0.2, 0) is 14.8 Å². The Morgan fingerprint density at radius 3 is 2.13 bits per heavy atom. The average molecular weight is 448 g/mol. The van der Waals surface area contributed by atoms with E-state index in [1.165, 1.54) is 22.9 Å². The summed E-state index contributed by atoms with van der Waals surface area (Å²) >= 11 is 0. The number of rotatable bonds is 6. The Hall–Kier alpha value is -1.93. The normalized spacial score (nSPS) is 21.3. The molecule has 7 nitrogen and oxygen atoms in total. The Morgan fingerprint density at radius 2 is 1.55 bits per heavy atom. The van der Waals surface area contributed by atoms with Gasteiger partial charge in [0.25, 0.3) is 5.91 Å². The molecule has 8 heteroatoms. The molecule has 2 aliphatic carbocycles. The summed E-state index contributed by atoms with van der Waals surface area (Å²) in [5.74, 6) is 0.300. The van der Waals surface area contributed by atoms with Crippen molar-refractivity contribution in [3.63, 3.8) is 0 Å². The predicted octanol–water partition coefficient (Wildman–Crippen LogP) is 2.77. The van der Waals surface area contributed by atoms with Gasteiger partial charge in [0.2, 0.25) is 15.9 Å². The van der Waals surface area contributed by atoms with Crippen molar-refractivity contribution < 1.29 is 18.0 Å². The molecule has 0 bridgehead atoms. The van der Waals surface area contributed by atoms with E-state index >= 15 is 0 Å². The molecule has 170 valence electrons. The summed E-state index contributed by atoms with van der Waals surface area (Å²) in [4.78, 5) is 26.9. The van der Waals surface area contributed by atoms with Crippen LogP contribution in [0.1, 0.15) is 68.1 Å².